The summed E-state index contributed by atoms with van der Waals surface area (Å²) in [5, 5.41) is 18.4. The molecule has 8 nitrogen and oxygen atoms in total. The lowest BCUT2D eigenvalue weighted by Gasteiger charge is -2.38. The Balaban J connectivity index is 2.18. The van der Waals surface area contributed by atoms with Crippen molar-refractivity contribution in [1.29, 1.82) is 0 Å². The first-order chi connectivity index (χ1) is 9.71. The van der Waals surface area contributed by atoms with E-state index in [0.29, 0.717) is 11.4 Å². The Labute approximate surface area is 123 Å². The van der Waals surface area contributed by atoms with Crippen molar-refractivity contribution < 1.29 is 10.0 Å². The first-order valence-electron chi connectivity index (χ1n) is 6.48. The molecule has 1 amide bonds. The third kappa shape index (κ3) is 2.97. The number of hydrogen-bond donors (Lipinski definition) is 3. The maximum absolute atomic E-state index is 11.1. The van der Waals surface area contributed by atoms with Gasteiger partial charge in [0.05, 0.1) is 5.54 Å². The van der Waals surface area contributed by atoms with Crippen LogP contribution in [0.3, 0.4) is 0 Å². The van der Waals surface area contributed by atoms with Crippen molar-refractivity contribution in [3.05, 3.63) is 35.4 Å². The topological polar surface area (TPSA) is 97.4 Å². The summed E-state index contributed by atoms with van der Waals surface area (Å²) >= 11 is 0. The van der Waals surface area contributed by atoms with Gasteiger partial charge in [0.15, 0.2) is 5.84 Å². The van der Waals surface area contributed by atoms with Crippen LogP contribution >= 0.6 is 0 Å². The lowest BCUT2D eigenvalue weighted by molar-refractivity contribution is -0.357. The van der Waals surface area contributed by atoms with E-state index < -0.39 is 11.4 Å². The Hall–Kier alpha value is -2.16. The van der Waals surface area contributed by atoms with E-state index >= 15 is 0 Å². The number of nitrogens with two attached hydrogens (primary N) is 1. The summed E-state index contributed by atoms with van der Waals surface area (Å²) < 4.78 is 0. The van der Waals surface area contributed by atoms with Gasteiger partial charge in [-0.1, -0.05) is 17.3 Å². The molecule has 4 N–H and O–H groups in total. The standard InChI is InChI=1S/C13H20N6O2/c1-13(2,3)18(21)19-16-15-12(17(19)4)10-7-5-9(6-8-10)11(14)20/h5-8,16,21H,1-4H3,(H2,14,20). The number of hydrazone groups is 1. The minimum Gasteiger partial charge on any atom is -0.366 e. The molecule has 0 aromatic heterocycles. The Morgan fingerprint density at radius 3 is 2.38 bits per heavy atom. The fourth-order valence-corrected chi connectivity index (χ4v) is 1.81. The Kier molecular flexibility index (Phi) is 3.86. The molecule has 0 aliphatic carbocycles. The normalized spacial score (nSPS) is 16.1. The van der Waals surface area contributed by atoms with Gasteiger partial charge >= 0.3 is 0 Å². The van der Waals surface area contributed by atoms with Crippen LogP contribution in [-0.2, 0) is 0 Å². The summed E-state index contributed by atoms with van der Waals surface area (Å²) in [5.41, 5.74) is 8.67. The van der Waals surface area contributed by atoms with Crippen LogP contribution in [0.5, 0.6) is 0 Å². The Morgan fingerprint density at radius 2 is 1.90 bits per heavy atom. The second-order valence-corrected chi connectivity index (χ2v) is 5.75. The molecule has 1 aliphatic heterocycles. The molecule has 0 radical (unpaired) electrons. The summed E-state index contributed by atoms with van der Waals surface area (Å²) in [5.74, 6) is 0.131. The molecule has 0 saturated carbocycles. The van der Waals surface area contributed by atoms with E-state index in [9.17, 15) is 10.0 Å². The van der Waals surface area contributed by atoms with Gasteiger partial charge in [-0.2, -0.15) is 0 Å². The number of amidine groups is 1. The molecule has 114 valence electrons. The summed E-state index contributed by atoms with van der Waals surface area (Å²) in [7, 11) is 1.76. The highest BCUT2D eigenvalue weighted by Gasteiger charge is 2.34. The van der Waals surface area contributed by atoms with Gasteiger partial charge in [0.1, 0.15) is 0 Å². The number of primary amides is 1. The number of nitrogens with one attached hydrogen (secondary N) is 1. The summed E-state index contributed by atoms with van der Waals surface area (Å²) in [4.78, 5) is 11.1. The van der Waals surface area contributed by atoms with Gasteiger partial charge in [-0.3, -0.25) is 15.0 Å². The van der Waals surface area contributed by atoms with Crippen molar-refractivity contribution in [2.45, 2.75) is 26.3 Å². The SMILES string of the molecule is CN1C(c2ccc(C(N)=O)cc2)=NNN1N(O)C(C)(C)C. The van der Waals surface area contributed by atoms with Crippen molar-refractivity contribution in [3.8, 4) is 0 Å². The molecule has 0 fully saturated rings. The summed E-state index contributed by atoms with van der Waals surface area (Å²) in [6.07, 6.45) is 0. The number of carbonyl (C=O) groups is 1. The van der Waals surface area contributed by atoms with Crippen molar-refractivity contribution in [1.82, 2.24) is 20.9 Å². The van der Waals surface area contributed by atoms with Crippen molar-refractivity contribution in [3.63, 3.8) is 0 Å². The van der Waals surface area contributed by atoms with E-state index in [-0.39, 0.29) is 0 Å². The number of hydroxylamine groups is 1. The van der Waals surface area contributed by atoms with E-state index in [4.69, 9.17) is 5.73 Å². The van der Waals surface area contributed by atoms with E-state index in [1.807, 2.05) is 20.8 Å². The predicted octanol–water partition coefficient (Wildman–Crippen LogP) is 0.519. The molecule has 0 saturated heterocycles. The maximum Gasteiger partial charge on any atom is 0.248 e. The zero-order valence-electron chi connectivity index (χ0n) is 12.5. The van der Waals surface area contributed by atoms with Gasteiger partial charge in [0.2, 0.25) is 5.91 Å². The number of rotatable bonds is 3. The molecule has 2 rings (SSSR count). The van der Waals surface area contributed by atoms with Crippen LogP contribution in [-0.4, -0.2) is 44.9 Å². The summed E-state index contributed by atoms with van der Waals surface area (Å²) in [6, 6.07) is 6.77. The first kappa shape index (κ1) is 15.2. The lowest BCUT2D eigenvalue weighted by Crippen LogP contribution is -2.59. The number of nitrogens with zero attached hydrogens (tertiary/aromatic N) is 4. The zero-order chi connectivity index (χ0) is 15.8. The van der Waals surface area contributed by atoms with Crippen LogP contribution in [0.2, 0.25) is 0 Å². The molecule has 0 spiro atoms. The number of hydrogen-bond acceptors (Lipinski definition) is 7. The second-order valence-electron chi connectivity index (χ2n) is 5.75. The fourth-order valence-electron chi connectivity index (χ4n) is 1.81. The minimum absolute atomic E-state index is 0.434. The Morgan fingerprint density at radius 1 is 1.33 bits per heavy atom. The molecule has 21 heavy (non-hydrogen) atoms. The number of benzene rings is 1. The van der Waals surface area contributed by atoms with Gasteiger partial charge < -0.3 is 5.73 Å². The highest BCUT2D eigenvalue weighted by Crippen LogP contribution is 2.18. The fraction of sp³-hybridized carbons (Fsp3) is 0.385. The van der Waals surface area contributed by atoms with Gasteiger partial charge in [-0.25, -0.2) is 5.53 Å². The highest BCUT2D eigenvalue weighted by atomic mass is 16.6. The molecule has 8 heteroatoms. The van der Waals surface area contributed by atoms with Crippen LogP contribution in [0, 0.1) is 0 Å². The van der Waals surface area contributed by atoms with E-state index in [1.54, 1.807) is 36.3 Å². The Bertz CT molecular complexity index is 563. The molecule has 0 bridgehead atoms. The van der Waals surface area contributed by atoms with E-state index in [1.165, 1.54) is 5.23 Å². The van der Waals surface area contributed by atoms with Crippen LogP contribution in [0.1, 0.15) is 36.7 Å². The van der Waals surface area contributed by atoms with Crippen LogP contribution < -0.4 is 11.3 Å². The second kappa shape index (κ2) is 5.32. The molecule has 1 heterocycles. The molecule has 1 aliphatic rings. The molecular weight excluding hydrogens is 272 g/mol. The summed E-state index contributed by atoms with van der Waals surface area (Å²) in [6.45, 7) is 5.59. The van der Waals surface area contributed by atoms with Crippen LogP contribution in [0.4, 0.5) is 0 Å². The molecular formula is C13H20N6O2. The predicted molar refractivity (Wildman–Crippen MR) is 77.6 cm³/mol. The third-order valence-corrected chi connectivity index (χ3v) is 3.04. The van der Waals surface area contributed by atoms with Gasteiger partial charge in [0, 0.05) is 18.2 Å². The maximum atomic E-state index is 11.1. The smallest absolute Gasteiger partial charge is 0.248 e. The average molecular weight is 292 g/mol. The monoisotopic (exact) mass is 292 g/mol. The number of carbonyl (C=O) groups excluding carboxylic acids is 1. The van der Waals surface area contributed by atoms with Gasteiger partial charge in [-0.15, -0.1) is 5.10 Å². The number of amides is 1. The quantitative estimate of drug-likeness (QED) is 0.703. The minimum atomic E-state index is -0.498. The first-order valence-corrected chi connectivity index (χ1v) is 6.48. The zero-order valence-corrected chi connectivity index (χ0v) is 12.5. The van der Waals surface area contributed by atoms with Crippen molar-refractivity contribution >= 4 is 11.7 Å². The molecule has 0 unspecified atom stereocenters. The van der Waals surface area contributed by atoms with Gasteiger partial charge in [0.25, 0.3) is 0 Å². The molecule has 0 atom stereocenters. The van der Waals surface area contributed by atoms with Crippen molar-refractivity contribution in [2.24, 2.45) is 10.8 Å². The van der Waals surface area contributed by atoms with Gasteiger partial charge in [-0.05, 0) is 38.1 Å². The van der Waals surface area contributed by atoms with E-state index in [0.717, 1.165) is 10.7 Å². The molecule has 1 aromatic rings. The molecule has 1 aromatic carbocycles. The van der Waals surface area contributed by atoms with Crippen LogP contribution in [0.15, 0.2) is 29.4 Å². The number of hydrazine groups is 3. The average Bonchev–Trinajstić information content (AvgIpc) is 2.78. The largest absolute Gasteiger partial charge is 0.366 e. The van der Waals surface area contributed by atoms with E-state index in [2.05, 4.69) is 10.6 Å². The van der Waals surface area contributed by atoms with Crippen LogP contribution in [0.25, 0.3) is 0 Å². The highest BCUT2D eigenvalue weighted by molar-refractivity contribution is 6.00. The third-order valence-electron chi connectivity index (χ3n) is 3.04. The van der Waals surface area contributed by atoms with Crippen molar-refractivity contribution in [2.75, 3.05) is 7.05 Å². The lowest BCUT2D eigenvalue weighted by atomic mass is 10.1.